The summed E-state index contributed by atoms with van der Waals surface area (Å²) in [6.45, 7) is 7.00. The molecule has 3 nitrogen and oxygen atoms in total. The largest absolute Gasteiger partial charge is 0.311 e. The lowest BCUT2D eigenvalue weighted by Crippen LogP contribution is -2.61. The molecule has 11 aromatic rings. The van der Waals surface area contributed by atoms with Crippen LogP contribution in [0.2, 0.25) is 0 Å². The van der Waals surface area contributed by atoms with Crippen LogP contribution in [0.5, 0.6) is 0 Å². The minimum atomic E-state index is 0.00509. The average molecular weight is 772 g/mol. The van der Waals surface area contributed by atoms with E-state index in [0.29, 0.717) is 0 Å². The predicted molar refractivity (Wildman–Crippen MR) is 255 cm³/mol. The Kier molecular flexibility index (Phi) is 6.68. The van der Waals surface area contributed by atoms with Crippen molar-refractivity contribution in [2.24, 2.45) is 0 Å². The summed E-state index contributed by atoms with van der Waals surface area (Å²) in [7, 11) is 0. The number of anilines is 6. The molecule has 2 aliphatic heterocycles. The van der Waals surface area contributed by atoms with E-state index in [1.807, 2.05) is 11.3 Å². The number of fused-ring (bicyclic) bond motifs is 13. The molecule has 0 spiro atoms. The van der Waals surface area contributed by atoms with Crippen LogP contribution in [0.1, 0.15) is 26.3 Å². The van der Waals surface area contributed by atoms with Crippen molar-refractivity contribution < 1.29 is 0 Å². The fourth-order valence-corrected chi connectivity index (χ4v) is 11.7. The number of hydrogen-bond acceptors (Lipinski definition) is 3. The Morgan fingerprint density at radius 1 is 0.492 bits per heavy atom. The van der Waals surface area contributed by atoms with Gasteiger partial charge < -0.3 is 14.2 Å². The molecule has 3 aromatic heterocycles. The van der Waals surface area contributed by atoms with Crippen LogP contribution in [0.4, 0.5) is 33.4 Å². The summed E-state index contributed by atoms with van der Waals surface area (Å²) in [6.07, 6.45) is 0. The molecular weight excluding hydrogens is 733 g/mol. The number of para-hydroxylation sites is 3. The molecule has 5 heteroatoms. The highest BCUT2D eigenvalue weighted by molar-refractivity contribution is 7.26. The Labute approximate surface area is 347 Å². The maximum atomic E-state index is 2.59. The smallest absolute Gasteiger partial charge is 0.254 e. The van der Waals surface area contributed by atoms with E-state index in [9.17, 15) is 0 Å². The van der Waals surface area contributed by atoms with Gasteiger partial charge in [0.2, 0.25) is 0 Å². The quantitative estimate of drug-likeness (QED) is 0.166. The van der Waals surface area contributed by atoms with Crippen molar-refractivity contribution >= 4 is 116 Å². The molecule has 0 amide bonds. The van der Waals surface area contributed by atoms with Gasteiger partial charge in [-0.2, -0.15) is 0 Å². The highest BCUT2D eigenvalue weighted by Gasteiger charge is 2.46. The lowest BCUT2D eigenvalue weighted by molar-refractivity contribution is 0.591. The Balaban J connectivity index is 1.23. The van der Waals surface area contributed by atoms with Crippen LogP contribution in [0.25, 0.3) is 59.3 Å². The van der Waals surface area contributed by atoms with Gasteiger partial charge >= 0.3 is 0 Å². The molecule has 0 bridgehead atoms. The summed E-state index contributed by atoms with van der Waals surface area (Å²) < 4.78 is 3.88. The molecule has 8 aromatic carbocycles. The zero-order valence-corrected chi connectivity index (χ0v) is 33.9. The molecule has 0 fully saturated rings. The summed E-state index contributed by atoms with van der Waals surface area (Å²) in [5.74, 6) is 0. The number of thiophene rings is 1. The maximum absolute atomic E-state index is 2.59. The van der Waals surface area contributed by atoms with Crippen LogP contribution in [-0.2, 0) is 5.41 Å². The van der Waals surface area contributed by atoms with Crippen LogP contribution in [0.15, 0.2) is 176 Å². The van der Waals surface area contributed by atoms with Gasteiger partial charge in [-0.3, -0.25) is 0 Å². The molecule has 0 N–H and O–H groups in total. The van der Waals surface area contributed by atoms with E-state index in [1.54, 1.807) is 0 Å². The van der Waals surface area contributed by atoms with Gasteiger partial charge in [-0.05, 0) is 98.5 Å². The van der Waals surface area contributed by atoms with E-state index < -0.39 is 0 Å². The van der Waals surface area contributed by atoms with E-state index in [-0.39, 0.29) is 12.1 Å². The second-order valence-corrected chi connectivity index (χ2v) is 18.3. The highest BCUT2D eigenvalue weighted by Crippen LogP contribution is 2.52. The molecule has 2 aliphatic rings. The van der Waals surface area contributed by atoms with Crippen LogP contribution >= 0.6 is 11.3 Å². The van der Waals surface area contributed by atoms with Gasteiger partial charge in [0, 0.05) is 49.0 Å². The predicted octanol–water partition coefficient (Wildman–Crippen LogP) is 13.1. The SMILES string of the molecule is CC(C)(C)c1ccc2sc3c(c2c1)B1c2cc4c5ccccc5n5c6cc(-c7ccccc7)ccc6c(c2N(c2ccccc2)c2cccc(c21)N3c1ccccc1)c45. The zero-order valence-electron chi connectivity index (χ0n) is 33.1. The first-order chi connectivity index (χ1) is 28.9. The topological polar surface area (TPSA) is 10.9 Å². The molecule has 0 atom stereocenters. The van der Waals surface area contributed by atoms with Crippen molar-refractivity contribution in [3.05, 3.63) is 181 Å². The van der Waals surface area contributed by atoms with E-state index in [2.05, 4.69) is 211 Å². The first-order valence-corrected chi connectivity index (χ1v) is 21.5. The van der Waals surface area contributed by atoms with E-state index in [1.165, 1.54) is 109 Å². The average Bonchev–Trinajstić information content (AvgIpc) is 3.93. The second-order valence-electron chi connectivity index (χ2n) is 17.3. The first-order valence-electron chi connectivity index (χ1n) is 20.6. The standard InChI is InChI=1S/C54H38BN3S/c1-54(2,3)35-27-29-47-41(31-35)49-53(59-47)57(37-20-11-6-12-21-37)45-25-15-24-44-50(45)55(49)42-32-40-38-22-13-14-23-43(38)58-46-30-34(33-16-7-4-8-17-33)26-28-39(46)48(51(40)58)52(42)56(44)36-18-9-5-10-19-36/h4-32H,1-3H3. The first kappa shape index (κ1) is 33.2. The molecule has 0 radical (unpaired) electrons. The third-order valence-electron chi connectivity index (χ3n) is 13.0. The fourth-order valence-electron chi connectivity index (χ4n) is 10.4. The minimum absolute atomic E-state index is 0.00509. The van der Waals surface area contributed by atoms with Gasteiger partial charge in [-0.1, -0.05) is 142 Å². The van der Waals surface area contributed by atoms with Crippen molar-refractivity contribution in [1.29, 1.82) is 0 Å². The van der Waals surface area contributed by atoms with Gasteiger partial charge in [0.05, 0.1) is 27.2 Å². The normalized spacial score (nSPS) is 13.6. The molecule has 0 unspecified atom stereocenters. The monoisotopic (exact) mass is 771 g/mol. The van der Waals surface area contributed by atoms with Crippen LogP contribution in [0, 0.1) is 0 Å². The third-order valence-corrected chi connectivity index (χ3v) is 14.2. The maximum Gasteiger partial charge on any atom is 0.254 e. The molecule has 0 aliphatic carbocycles. The van der Waals surface area contributed by atoms with E-state index >= 15 is 0 Å². The summed E-state index contributed by atoms with van der Waals surface area (Å²) in [6, 6.07) is 65.8. The minimum Gasteiger partial charge on any atom is -0.311 e. The molecule has 0 saturated heterocycles. The van der Waals surface area contributed by atoms with Crippen LogP contribution < -0.4 is 26.2 Å². The molecule has 13 rings (SSSR count). The van der Waals surface area contributed by atoms with Crippen molar-refractivity contribution in [2.75, 3.05) is 9.80 Å². The number of rotatable bonds is 3. The highest BCUT2D eigenvalue weighted by atomic mass is 32.1. The summed E-state index contributed by atoms with van der Waals surface area (Å²) >= 11 is 1.93. The molecule has 59 heavy (non-hydrogen) atoms. The number of aromatic nitrogens is 1. The molecule has 278 valence electrons. The summed E-state index contributed by atoms with van der Waals surface area (Å²) in [5, 5.41) is 7.85. The van der Waals surface area contributed by atoms with Crippen molar-refractivity contribution in [3.63, 3.8) is 0 Å². The lowest BCUT2D eigenvalue weighted by Gasteiger charge is -2.43. The Morgan fingerprint density at radius 3 is 1.92 bits per heavy atom. The zero-order chi connectivity index (χ0) is 39.1. The molecular formula is C54H38BN3S. The van der Waals surface area contributed by atoms with Gasteiger partial charge in [-0.15, -0.1) is 11.3 Å². The lowest BCUT2D eigenvalue weighted by atomic mass is 9.33. The summed E-state index contributed by atoms with van der Waals surface area (Å²) in [4.78, 5) is 5.13. The number of hydrogen-bond donors (Lipinski definition) is 0. The van der Waals surface area contributed by atoms with Gasteiger partial charge in [0.15, 0.2) is 0 Å². The van der Waals surface area contributed by atoms with Gasteiger partial charge in [0.25, 0.3) is 6.71 Å². The van der Waals surface area contributed by atoms with Gasteiger partial charge in [-0.25, -0.2) is 0 Å². The third kappa shape index (κ3) is 4.48. The molecule has 5 heterocycles. The van der Waals surface area contributed by atoms with Crippen molar-refractivity contribution in [2.45, 2.75) is 26.2 Å². The van der Waals surface area contributed by atoms with Crippen molar-refractivity contribution in [1.82, 2.24) is 4.40 Å². The fraction of sp³-hybridized carbons (Fsp3) is 0.0741. The molecule has 0 saturated carbocycles. The van der Waals surface area contributed by atoms with Gasteiger partial charge in [0.1, 0.15) is 0 Å². The van der Waals surface area contributed by atoms with E-state index in [4.69, 9.17) is 0 Å². The van der Waals surface area contributed by atoms with E-state index in [0.717, 1.165) is 5.69 Å². The van der Waals surface area contributed by atoms with Crippen LogP contribution in [0.3, 0.4) is 0 Å². The Hall–Kier alpha value is -6.82. The Bertz CT molecular complexity index is 3490. The Morgan fingerprint density at radius 2 is 1.17 bits per heavy atom. The number of nitrogens with zero attached hydrogens (tertiary/aromatic N) is 3. The second kappa shape index (κ2) is 11.9. The van der Waals surface area contributed by atoms with Crippen molar-refractivity contribution in [3.8, 4) is 11.1 Å². The van der Waals surface area contributed by atoms with Crippen LogP contribution in [-0.4, -0.2) is 11.1 Å². The number of benzene rings is 8. The summed E-state index contributed by atoms with van der Waals surface area (Å²) in [5.41, 5.74) is 17.8.